The molecule has 11 heteroatoms. The molecule has 9 nitrogen and oxygen atoms in total. The van der Waals surface area contributed by atoms with Gasteiger partial charge in [-0.15, -0.1) is 0 Å². The van der Waals surface area contributed by atoms with Crippen molar-refractivity contribution in [1.29, 1.82) is 0 Å². The molecule has 2 aliphatic heterocycles. The third-order valence-corrected chi connectivity index (χ3v) is 5.85. The Hall–Kier alpha value is -3.11. The number of anilines is 3. The van der Waals surface area contributed by atoms with Crippen LogP contribution in [0.3, 0.4) is 0 Å². The first-order valence-corrected chi connectivity index (χ1v) is 10.1. The van der Waals surface area contributed by atoms with Gasteiger partial charge in [0, 0.05) is 65.2 Å². The lowest BCUT2D eigenvalue weighted by atomic mass is 10.1. The van der Waals surface area contributed by atoms with E-state index in [-0.39, 0.29) is 12.8 Å². The maximum atomic E-state index is 13.5. The first kappa shape index (κ1) is 18.9. The number of hydrogen-bond donors (Lipinski definition) is 0. The van der Waals surface area contributed by atoms with Crippen molar-refractivity contribution in [3.8, 4) is 0 Å². The van der Waals surface area contributed by atoms with E-state index in [1.54, 1.807) is 12.7 Å². The molecule has 3 aromatic heterocycles. The molecule has 2 aliphatic rings. The van der Waals surface area contributed by atoms with Crippen molar-refractivity contribution in [3.63, 3.8) is 0 Å². The van der Waals surface area contributed by atoms with Gasteiger partial charge >= 0.3 is 0 Å². The molecule has 2 saturated heterocycles. The SMILES string of the molecule is Cn1cnc2ncnc(N3CCN(c4cc(N5CCC(F)(F)CC5)ncn4)CC3)c21. The second-order valence-electron chi connectivity index (χ2n) is 7.78. The van der Waals surface area contributed by atoms with Gasteiger partial charge in [-0.1, -0.05) is 0 Å². The summed E-state index contributed by atoms with van der Waals surface area (Å²) in [6.07, 6.45) is 4.56. The molecule has 0 N–H and O–H groups in total. The predicted molar refractivity (Wildman–Crippen MR) is 109 cm³/mol. The second kappa shape index (κ2) is 7.29. The largest absolute Gasteiger partial charge is 0.356 e. The minimum atomic E-state index is -2.57. The van der Waals surface area contributed by atoms with Crippen LogP contribution in [0.4, 0.5) is 26.2 Å². The molecule has 0 atom stereocenters. The molecule has 0 radical (unpaired) electrons. The third-order valence-electron chi connectivity index (χ3n) is 5.85. The number of halogens is 2. The number of fused-ring (bicyclic) bond motifs is 1. The molecule has 3 aromatic rings. The Balaban J connectivity index is 1.28. The molecular weight excluding hydrogens is 392 g/mol. The van der Waals surface area contributed by atoms with E-state index in [9.17, 15) is 8.78 Å². The van der Waals surface area contributed by atoms with Crippen LogP contribution in [-0.2, 0) is 7.05 Å². The Morgan fingerprint density at radius 1 is 0.767 bits per heavy atom. The Kier molecular flexibility index (Phi) is 4.59. The van der Waals surface area contributed by atoms with Crippen LogP contribution in [0, 0.1) is 0 Å². The van der Waals surface area contributed by atoms with Crippen molar-refractivity contribution < 1.29 is 8.78 Å². The molecule has 5 heterocycles. The molecule has 0 bridgehead atoms. The zero-order valence-corrected chi connectivity index (χ0v) is 16.7. The summed E-state index contributed by atoms with van der Waals surface area (Å²) < 4.78 is 28.9. The number of piperidine rings is 1. The minimum Gasteiger partial charge on any atom is -0.356 e. The fraction of sp³-hybridized carbons (Fsp3) is 0.526. The Morgan fingerprint density at radius 3 is 2.07 bits per heavy atom. The average Bonchev–Trinajstić information content (AvgIpc) is 3.15. The lowest BCUT2D eigenvalue weighted by Crippen LogP contribution is -2.47. The zero-order chi connectivity index (χ0) is 20.7. The quantitative estimate of drug-likeness (QED) is 0.640. The van der Waals surface area contributed by atoms with Crippen LogP contribution in [0.1, 0.15) is 12.8 Å². The van der Waals surface area contributed by atoms with Crippen LogP contribution < -0.4 is 14.7 Å². The van der Waals surface area contributed by atoms with Crippen LogP contribution in [0.25, 0.3) is 11.2 Å². The van der Waals surface area contributed by atoms with Crippen molar-refractivity contribution in [3.05, 3.63) is 25.0 Å². The number of piperazine rings is 1. The molecule has 30 heavy (non-hydrogen) atoms. The van der Waals surface area contributed by atoms with Crippen LogP contribution in [0.15, 0.2) is 25.0 Å². The number of rotatable bonds is 3. The molecule has 0 spiro atoms. The van der Waals surface area contributed by atoms with Crippen molar-refractivity contribution in [2.75, 3.05) is 54.0 Å². The maximum absolute atomic E-state index is 13.5. The summed E-state index contributed by atoms with van der Waals surface area (Å²) in [6.45, 7) is 3.74. The van der Waals surface area contributed by atoms with E-state index in [2.05, 4.69) is 34.7 Å². The predicted octanol–water partition coefficient (Wildman–Crippen LogP) is 1.72. The minimum absolute atomic E-state index is 0.133. The van der Waals surface area contributed by atoms with Gasteiger partial charge in [0.25, 0.3) is 5.92 Å². The van der Waals surface area contributed by atoms with Gasteiger partial charge in [-0.3, -0.25) is 0 Å². The Morgan fingerprint density at radius 2 is 1.37 bits per heavy atom. The number of aromatic nitrogens is 6. The smallest absolute Gasteiger partial charge is 0.251 e. The summed E-state index contributed by atoms with van der Waals surface area (Å²) >= 11 is 0. The molecule has 0 saturated carbocycles. The zero-order valence-electron chi connectivity index (χ0n) is 16.7. The third kappa shape index (κ3) is 3.48. The van der Waals surface area contributed by atoms with E-state index < -0.39 is 5.92 Å². The molecule has 0 aromatic carbocycles. The van der Waals surface area contributed by atoms with E-state index >= 15 is 0 Å². The Bertz CT molecular complexity index is 1040. The Labute approximate surface area is 172 Å². The fourth-order valence-corrected chi connectivity index (χ4v) is 4.09. The molecule has 5 rings (SSSR count). The molecule has 2 fully saturated rings. The van der Waals surface area contributed by atoms with Gasteiger partial charge in [0.05, 0.1) is 6.33 Å². The van der Waals surface area contributed by atoms with Crippen LogP contribution in [-0.4, -0.2) is 74.7 Å². The molecule has 158 valence electrons. The summed E-state index contributed by atoms with van der Waals surface area (Å²) in [4.78, 5) is 28.1. The number of aryl methyl sites for hydroxylation is 1. The van der Waals surface area contributed by atoms with Crippen LogP contribution in [0.2, 0.25) is 0 Å². The second-order valence-corrected chi connectivity index (χ2v) is 7.78. The number of hydrogen-bond acceptors (Lipinski definition) is 8. The molecule has 0 unspecified atom stereocenters. The van der Waals surface area contributed by atoms with Gasteiger partial charge in [0.2, 0.25) is 0 Å². The lowest BCUT2D eigenvalue weighted by Gasteiger charge is -2.37. The van der Waals surface area contributed by atoms with Gasteiger partial charge in [-0.2, -0.15) is 0 Å². The number of alkyl halides is 2. The number of imidazole rings is 1. The number of nitrogens with zero attached hydrogens (tertiary/aromatic N) is 9. The van der Waals surface area contributed by atoms with E-state index in [1.807, 2.05) is 22.6 Å². The first-order valence-electron chi connectivity index (χ1n) is 10.1. The van der Waals surface area contributed by atoms with E-state index in [0.29, 0.717) is 24.6 Å². The highest BCUT2D eigenvalue weighted by Crippen LogP contribution is 2.31. The van der Waals surface area contributed by atoms with Crippen LogP contribution >= 0.6 is 0 Å². The molecule has 0 amide bonds. The monoisotopic (exact) mass is 415 g/mol. The lowest BCUT2D eigenvalue weighted by molar-refractivity contribution is -0.0221. The van der Waals surface area contributed by atoms with Crippen molar-refractivity contribution in [2.24, 2.45) is 7.05 Å². The van der Waals surface area contributed by atoms with Crippen molar-refractivity contribution in [2.45, 2.75) is 18.8 Å². The van der Waals surface area contributed by atoms with Gasteiger partial charge in [-0.05, 0) is 0 Å². The highest BCUT2D eigenvalue weighted by molar-refractivity contribution is 5.83. The topological polar surface area (TPSA) is 79.1 Å². The van der Waals surface area contributed by atoms with Crippen LogP contribution in [0.5, 0.6) is 0 Å². The fourth-order valence-electron chi connectivity index (χ4n) is 4.09. The summed E-state index contributed by atoms with van der Waals surface area (Å²) in [6, 6.07) is 1.91. The van der Waals surface area contributed by atoms with E-state index in [1.165, 1.54) is 6.33 Å². The molecule has 0 aliphatic carbocycles. The highest BCUT2D eigenvalue weighted by atomic mass is 19.3. The normalized spacial score (nSPS) is 19.5. The first-order chi connectivity index (χ1) is 14.5. The van der Waals surface area contributed by atoms with Crippen molar-refractivity contribution in [1.82, 2.24) is 29.5 Å². The van der Waals surface area contributed by atoms with Crippen molar-refractivity contribution >= 4 is 28.6 Å². The van der Waals surface area contributed by atoms with Gasteiger partial charge in [0.1, 0.15) is 29.8 Å². The summed E-state index contributed by atoms with van der Waals surface area (Å²) in [5.41, 5.74) is 1.62. The van der Waals surface area contributed by atoms with E-state index in [4.69, 9.17) is 0 Å². The summed E-state index contributed by atoms with van der Waals surface area (Å²) in [7, 11) is 1.94. The summed E-state index contributed by atoms with van der Waals surface area (Å²) in [5.74, 6) is -0.142. The maximum Gasteiger partial charge on any atom is 0.251 e. The average molecular weight is 415 g/mol. The van der Waals surface area contributed by atoms with Gasteiger partial charge < -0.3 is 19.3 Å². The summed E-state index contributed by atoms with van der Waals surface area (Å²) in [5, 5.41) is 0. The molecular formula is C19H23F2N9. The standard InChI is InChI=1S/C19H23F2N9/c1-27-13-26-17-16(27)18(25-12-24-17)30-8-6-29(7-9-30)15-10-14(22-11-23-15)28-4-2-19(20,21)3-5-28/h10-13H,2-9H2,1H3. The van der Waals surface area contributed by atoms with Gasteiger partial charge in [-0.25, -0.2) is 33.7 Å². The van der Waals surface area contributed by atoms with Gasteiger partial charge in [0.15, 0.2) is 11.5 Å². The van der Waals surface area contributed by atoms with E-state index in [0.717, 1.165) is 43.3 Å². The highest BCUT2D eigenvalue weighted by Gasteiger charge is 2.34.